The third-order valence-electron chi connectivity index (χ3n) is 4.80. The molecule has 0 saturated heterocycles. The molecule has 1 heterocycles. The summed E-state index contributed by atoms with van der Waals surface area (Å²) in [5, 5.41) is 4.02. The molecule has 1 aliphatic carbocycles. The number of nitrogens with one attached hydrogen (secondary N) is 1. The number of rotatable bonds is 8. The normalized spacial score (nSPS) is 13.7. The molecule has 1 aromatic heterocycles. The monoisotopic (exact) mass is 358 g/mol. The smallest absolute Gasteiger partial charge is 0.258 e. The van der Waals surface area contributed by atoms with Crippen LogP contribution in [0.5, 0.6) is 11.5 Å². The standard InChI is InChI=1S/C20H26N2O4/c1-4-5-8-21-19(23)16-12-22(11-13-6-7-13)20(24)15-10-18(26-3)17(25-2)9-14(15)16/h9-10,12-13H,4-8,11H2,1-3H3,(H,21,23). The van der Waals surface area contributed by atoms with Gasteiger partial charge in [0, 0.05) is 24.7 Å². The lowest BCUT2D eigenvalue weighted by molar-refractivity contribution is 0.0954. The van der Waals surface area contributed by atoms with Crippen LogP contribution in [-0.2, 0) is 6.54 Å². The average Bonchev–Trinajstić information content (AvgIpc) is 3.47. The summed E-state index contributed by atoms with van der Waals surface area (Å²) in [6, 6.07) is 3.38. The van der Waals surface area contributed by atoms with E-state index in [0.29, 0.717) is 46.8 Å². The molecule has 1 aliphatic rings. The SMILES string of the molecule is CCCCNC(=O)c1cn(CC2CC2)c(=O)c2cc(OC)c(OC)cc12. The van der Waals surface area contributed by atoms with E-state index in [4.69, 9.17) is 9.47 Å². The van der Waals surface area contributed by atoms with Crippen LogP contribution in [0.15, 0.2) is 23.1 Å². The number of hydrogen-bond acceptors (Lipinski definition) is 4. The second-order valence-corrected chi connectivity index (χ2v) is 6.81. The second-order valence-electron chi connectivity index (χ2n) is 6.81. The lowest BCUT2D eigenvalue weighted by Gasteiger charge is -2.15. The Morgan fingerprint density at radius 3 is 2.42 bits per heavy atom. The zero-order valence-electron chi connectivity index (χ0n) is 15.6. The highest BCUT2D eigenvalue weighted by Crippen LogP contribution is 2.34. The number of amides is 1. The first-order valence-corrected chi connectivity index (χ1v) is 9.16. The second kappa shape index (κ2) is 7.81. The summed E-state index contributed by atoms with van der Waals surface area (Å²) >= 11 is 0. The molecule has 0 unspecified atom stereocenters. The Balaban J connectivity index is 2.13. The van der Waals surface area contributed by atoms with Gasteiger partial charge in [0.05, 0.1) is 25.2 Å². The number of benzene rings is 1. The molecule has 1 amide bonds. The van der Waals surface area contributed by atoms with Crippen LogP contribution in [0.4, 0.5) is 0 Å². The maximum absolute atomic E-state index is 12.9. The number of carbonyl (C=O) groups excluding carboxylic acids is 1. The minimum absolute atomic E-state index is 0.0991. The van der Waals surface area contributed by atoms with Gasteiger partial charge in [0.1, 0.15) is 0 Å². The van der Waals surface area contributed by atoms with Crippen molar-refractivity contribution in [3.8, 4) is 11.5 Å². The van der Waals surface area contributed by atoms with Crippen LogP contribution in [0.1, 0.15) is 43.0 Å². The number of ether oxygens (including phenoxy) is 2. The molecule has 0 radical (unpaired) electrons. The van der Waals surface area contributed by atoms with Gasteiger partial charge >= 0.3 is 0 Å². The van der Waals surface area contributed by atoms with E-state index in [9.17, 15) is 9.59 Å². The van der Waals surface area contributed by atoms with Crippen LogP contribution in [0.25, 0.3) is 10.8 Å². The van der Waals surface area contributed by atoms with Crippen molar-refractivity contribution < 1.29 is 14.3 Å². The van der Waals surface area contributed by atoms with Gasteiger partial charge in [-0.3, -0.25) is 9.59 Å². The molecule has 1 N–H and O–H groups in total. The molecule has 1 fully saturated rings. The highest BCUT2D eigenvalue weighted by molar-refractivity contribution is 6.07. The quantitative estimate of drug-likeness (QED) is 0.737. The molecule has 1 saturated carbocycles. The Morgan fingerprint density at radius 2 is 1.85 bits per heavy atom. The third kappa shape index (κ3) is 3.69. The van der Waals surface area contributed by atoms with Gasteiger partial charge < -0.3 is 19.4 Å². The van der Waals surface area contributed by atoms with Gasteiger partial charge in [-0.15, -0.1) is 0 Å². The molecule has 0 spiro atoms. The van der Waals surface area contributed by atoms with Crippen LogP contribution in [-0.4, -0.2) is 31.2 Å². The van der Waals surface area contributed by atoms with Crippen LogP contribution in [0, 0.1) is 5.92 Å². The summed E-state index contributed by atoms with van der Waals surface area (Å²) in [5.41, 5.74) is 0.398. The maximum Gasteiger partial charge on any atom is 0.258 e. The molecule has 0 aliphatic heterocycles. The summed E-state index contributed by atoms with van der Waals surface area (Å²) in [6.45, 7) is 3.35. The molecule has 3 rings (SSSR count). The van der Waals surface area contributed by atoms with Crippen LogP contribution in [0.3, 0.4) is 0 Å². The van der Waals surface area contributed by atoms with E-state index < -0.39 is 0 Å². The van der Waals surface area contributed by atoms with Crippen LogP contribution < -0.4 is 20.3 Å². The summed E-state index contributed by atoms with van der Waals surface area (Å²) in [4.78, 5) is 25.7. The highest BCUT2D eigenvalue weighted by atomic mass is 16.5. The summed E-state index contributed by atoms with van der Waals surface area (Å²) < 4.78 is 12.4. The van der Waals surface area contributed by atoms with Gasteiger partial charge in [-0.1, -0.05) is 13.3 Å². The Hall–Kier alpha value is -2.50. The molecule has 1 aromatic carbocycles. The number of methoxy groups -OCH3 is 2. The van der Waals surface area contributed by atoms with Crippen molar-refractivity contribution in [2.24, 2.45) is 5.92 Å². The maximum atomic E-state index is 12.9. The summed E-state index contributed by atoms with van der Waals surface area (Å²) in [6.07, 6.45) is 5.88. The van der Waals surface area contributed by atoms with Gasteiger partial charge in [0.2, 0.25) is 0 Å². The zero-order chi connectivity index (χ0) is 18.7. The van der Waals surface area contributed by atoms with Gasteiger partial charge in [0.25, 0.3) is 11.5 Å². The van der Waals surface area contributed by atoms with Gasteiger partial charge in [-0.2, -0.15) is 0 Å². The molecule has 0 atom stereocenters. The first-order valence-electron chi connectivity index (χ1n) is 9.16. The van der Waals surface area contributed by atoms with Gasteiger partial charge in [-0.25, -0.2) is 0 Å². The minimum Gasteiger partial charge on any atom is -0.493 e. The topological polar surface area (TPSA) is 69.6 Å². The third-order valence-corrected chi connectivity index (χ3v) is 4.80. The lowest BCUT2D eigenvalue weighted by Crippen LogP contribution is -2.28. The Morgan fingerprint density at radius 1 is 1.19 bits per heavy atom. The van der Waals surface area contributed by atoms with Crippen molar-refractivity contribution in [2.45, 2.75) is 39.2 Å². The summed E-state index contributed by atoms with van der Waals surface area (Å²) in [7, 11) is 3.08. The van der Waals surface area contributed by atoms with E-state index >= 15 is 0 Å². The first kappa shape index (κ1) is 18.3. The van der Waals surface area contributed by atoms with Gasteiger partial charge in [-0.05, 0) is 37.3 Å². The molecular weight excluding hydrogens is 332 g/mol. The van der Waals surface area contributed by atoms with Crippen LogP contribution >= 0.6 is 0 Å². The number of pyridine rings is 1. The number of unbranched alkanes of at least 4 members (excludes halogenated alkanes) is 1. The minimum atomic E-state index is -0.166. The average molecular weight is 358 g/mol. The number of hydrogen-bond donors (Lipinski definition) is 1. The fourth-order valence-electron chi connectivity index (χ4n) is 3.09. The Bertz CT molecular complexity index is 868. The van der Waals surface area contributed by atoms with Crippen molar-refractivity contribution in [1.29, 1.82) is 0 Å². The van der Waals surface area contributed by atoms with E-state index in [1.165, 1.54) is 7.11 Å². The highest BCUT2D eigenvalue weighted by Gasteiger charge is 2.24. The number of nitrogens with zero attached hydrogens (tertiary/aromatic N) is 1. The van der Waals surface area contributed by atoms with Crippen molar-refractivity contribution in [3.63, 3.8) is 0 Å². The van der Waals surface area contributed by atoms with E-state index in [1.54, 1.807) is 30.0 Å². The van der Waals surface area contributed by atoms with Gasteiger partial charge in [0.15, 0.2) is 11.5 Å². The Kier molecular flexibility index (Phi) is 5.49. The number of aromatic nitrogens is 1. The number of fused-ring (bicyclic) bond motifs is 1. The molecule has 2 aromatic rings. The van der Waals surface area contributed by atoms with Crippen molar-refractivity contribution in [1.82, 2.24) is 9.88 Å². The van der Waals surface area contributed by atoms with Crippen molar-refractivity contribution in [2.75, 3.05) is 20.8 Å². The zero-order valence-corrected chi connectivity index (χ0v) is 15.6. The molecular formula is C20H26N2O4. The fraction of sp³-hybridized carbons (Fsp3) is 0.500. The fourth-order valence-corrected chi connectivity index (χ4v) is 3.09. The molecule has 6 nitrogen and oxygen atoms in total. The molecule has 140 valence electrons. The molecule has 6 heteroatoms. The molecule has 26 heavy (non-hydrogen) atoms. The van der Waals surface area contributed by atoms with Crippen molar-refractivity contribution in [3.05, 3.63) is 34.2 Å². The van der Waals surface area contributed by atoms with Crippen LogP contribution in [0.2, 0.25) is 0 Å². The van der Waals surface area contributed by atoms with E-state index in [2.05, 4.69) is 12.2 Å². The predicted molar refractivity (Wildman–Crippen MR) is 101 cm³/mol. The lowest BCUT2D eigenvalue weighted by atomic mass is 10.1. The largest absolute Gasteiger partial charge is 0.493 e. The number of carbonyl (C=O) groups is 1. The Labute approximate surface area is 153 Å². The van der Waals surface area contributed by atoms with E-state index in [1.807, 2.05) is 0 Å². The summed E-state index contributed by atoms with van der Waals surface area (Å²) in [5.74, 6) is 1.35. The van der Waals surface area contributed by atoms with Crippen molar-refractivity contribution >= 4 is 16.7 Å². The van der Waals surface area contributed by atoms with E-state index in [0.717, 1.165) is 25.7 Å². The van der Waals surface area contributed by atoms with E-state index in [-0.39, 0.29) is 11.5 Å². The first-order chi connectivity index (χ1) is 12.6. The predicted octanol–water partition coefficient (Wildman–Crippen LogP) is 2.96. The molecule has 0 bridgehead atoms.